The molecule has 1 aromatic heterocycles. The van der Waals surface area contributed by atoms with Gasteiger partial charge in [0.15, 0.2) is 5.75 Å². The van der Waals surface area contributed by atoms with Gasteiger partial charge in [0, 0.05) is 12.5 Å². The van der Waals surface area contributed by atoms with E-state index in [4.69, 9.17) is 9.47 Å². The van der Waals surface area contributed by atoms with E-state index >= 15 is 0 Å². The molecule has 1 aromatic carbocycles. The second kappa shape index (κ2) is 7.04. The van der Waals surface area contributed by atoms with Gasteiger partial charge in [-0.25, -0.2) is 9.97 Å². The summed E-state index contributed by atoms with van der Waals surface area (Å²) in [4.78, 5) is 8.93. The maximum Gasteiger partial charge on any atom is 0.168 e. The fraction of sp³-hybridized carbons (Fsp3) is 0.375. The van der Waals surface area contributed by atoms with E-state index in [1.807, 2.05) is 31.3 Å². The molecule has 2 aromatic rings. The summed E-state index contributed by atoms with van der Waals surface area (Å²) in [7, 11) is 3.52. The fourth-order valence-corrected chi connectivity index (χ4v) is 1.85. The van der Waals surface area contributed by atoms with Gasteiger partial charge in [-0.1, -0.05) is 13.8 Å². The zero-order chi connectivity index (χ0) is 15.2. The summed E-state index contributed by atoms with van der Waals surface area (Å²) < 4.78 is 11.0. The summed E-state index contributed by atoms with van der Waals surface area (Å²) in [5, 5.41) is 3.10. The lowest BCUT2D eigenvalue weighted by Crippen LogP contribution is -2.11. The van der Waals surface area contributed by atoms with Crippen LogP contribution < -0.4 is 14.8 Å². The number of hydrogen-bond donors (Lipinski definition) is 1. The number of methoxy groups -OCH3 is 1. The number of nitrogens with zero attached hydrogens (tertiary/aromatic N) is 2. The zero-order valence-corrected chi connectivity index (χ0v) is 12.9. The minimum Gasteiger partial charge on any atom is -0.497 e. The highest BCUT2D eigenvalue weighted by molar-refractivity contribution is 5.36. The molecule has 21 heavy (non-hydrogen) atoms. The highest BCUT2D eigenvalue weighted by Crippen LogP contribution is 2.26. The van der Waals surface area contributed by atoms with Crippen LogP contribution in [0.4, 0.5) is 0 Å². The summed E-state index contributed by atoms with van der Waals surface area (Å²) >= 11 is 0. The van der Waals surface area contributed by atoms with Gasteiger partial charge in [-0.15, -0.1) is 0 Å². The van der Waals surface area contributed by atoms with Crippen molar-refractivity contribution in [1.82, 2.24) is 15.3 Å². The predicted octanol–water partition coefficient (Wildman–Crippen LogP) is 3.12. The van der Waals surface area contributed by atoms with Gasteiger partial charge in [-0.05, 0) is 31.3 Å². The van der Waals surface area contributed by atoms with E-state index in [2.05, 4.69) is 29.1 Å². The second-order valence-electron chi connectivity index (χ2n) is 5.00. The molecular formula is C16H21N3O2. The summed E-state index contributed by atoms with van der Waals surface area (Å²) in [5.74, 6) is 3.30. The van der Waals surface area contributed by atoms with Gasteiger partial charge >= 0.3 is 0 Å². The van der Waals surface area contributed by atoms with Gasteiger partial charge in [-0.2, -0.15) is 0 Å². The van der Waals surface area contributed by atoms with Crippen molar-refractivity contribution < 1.29 is 9.47 Å². The average molecular weight is 287 g/mol. The van der Waals surface area contributed by atoms with Crippen LogP contribution in [0, 0.1) is 0 Å². The summed E-state index contributed by atoms with van der Waals surface area (Å²) in [6.07, 6.45) is 1.74. The molecule has 0 aliphatic rings. The lowest BCUT2D eigenvalue weighted by molar-refractivity contribution is 0.412. The van der Waals surface area contributed by atoms with Crippen LogP contribution in [-0.4, -0.2) is 24.1 Å². The number of ether oxygens (including phenoxy) is 2. The maximum absolute atomic E-state index is 5.88. The number of nitrogens with one attached hydrogen (secondary N) is 1. The largest absolute Gasteiger partial charge is 0.497 e. The molecule has 0 aliphatic heterocycles. The van der Waals surface area contributed by atoms with Crippen LogP contribution in [0.15, 0.2) is 30.5 Å². The molecule has 0 unspecified atom stereocenters. The standard InChI is InChI=1S/C16H21N3O2/c1-11(2)16-18-10-15(14(19-16)9-17-3)21-13-7-5-12(20-4)6-8-13/h5-8,10-11,17H,9H2,1-4H3. The third-order valence-electron chi connectivity index (χ3n) is 3.00. The Morgan fingerprint density at radius 2 is 1.81 bits per heavy atom. The minimum absolute atomic E-state index is 0.288. The SMILES string of the molecule is CNCc1nc(C(C)C)ncc1Oc1ccc(OC)cc1. The van der Waals surface area contributed by atoms with Crippen LogP contribution in [0.3, 0.4) is 0 Å². The van der Waals surface area contributed by atoms with E-state index in [0.717, 1.165) is 23.0 Å². The van der Waals surface area contributed by atoms with E-state index in [9.17, 15) is 0 Å². The average Bonchev–Trinajstić information content (AvgIpc) is 2.50. The van der Waals surface area contributed by atoms with Crippen molar-refractivity contribution >= 4 is 0 Å². The molecule has 1 N–H and O–H groups in total. The van der Waals surface area contributed by atoms with E-state index in [1.165, 1.54) is 0 Å². The fourth-order valence-electron chi connectivity index (χ4n) is 1.85. The van der Waals surface area contributed by atoms with Gasteiger partial charge < -0.3 is 14.8 Å². The normalized spacial score (nSPS) is 10.7. The van der Waals surface area contributed by atoms with E-state index in [-0.39, 0.29) is 5.92 Å². The molecule has 0 saturated heterocycles. The molecule has 112 valence electrons. The van der Waals surface area contributed by atoms with Crippen molar-refractivity contribution in [1.29, 1.82) is 0 Å². The van der Waals surface area contributed by atoms with Crippen molar-refractivity contribution in [3.8, 4) is 17.2 Å². The van der Waals surface area contributed by atoms with E-state index < -0.39 is 0 Å². The first-order chi connectivity index (χ1) is 10.1. The van der Waals surface area contributed by atoms with Gasteiger partial charge in [-0.3, -0.25) is 0 Å². The van der Waals surface area contributed by atoms with Crippen molar-refractivity contribution in [2.75, 3.05) is 14.2 Å². The number of hydrogen-bond acceptors (Lipinski definition) is 5. The molecule has 0 spiro atoms. The lowest BCUT2D eigenvalue weighted by Gasteiger charge is -2.12. The first-order valence-corrected chi connectivity index (χ1v) is 6.96. The highest BCUT2D eigenvalue weighted by Gasteiger charge is 2.11. The topological polar surface area (TPSA) is 56.3 Å². The smallest absolute Gasteiger partial charge is 0.168 e. The lowest BCUT2D eigenvalue weighted by atomic mass is 10.2. The van der Waals surface area contributed by atoms with E-state index in [0.29, 0.717) is 12.3 Å². The van der Waals surface area contributed by atoms with Gasteiger partial charge in [0.25, 0.3) is 0 Å². The maximum atomic E-state index is 5.88. The molecular weight excluding hydrogens is 266 g/mol. The molecule has 0 atom stereocenters. The molecule has 0 fully saturated rings. The van der Waals surface area contributed by atoms with Gasteiger partial charge in [0.05, 0.1) is 13.3 Å². The van der Waals surface area contributed by atoms with Gasteiger partial charge in [0.2, 0.25) is 0 Å². The Kier molecular flexibility index (Phi) is 5.11. The van der Waals surface area contributed by atoms with Crippen LogP contribution in [0.2, 0.25) is 0 Å². The molecule has 0 radical (unpaired) electrons. The molecule has 0 amide bonds. The Hall–Kier alpha value is -2.14. The second-order valence-corrected chi connectivity index (χ2v) is 5.00. The number of benzene rings is 1. The number of aromatic nitrogens is 2. The molecule has 0 aliphatic carbocycles. The minimum atomic E-state index is 0.288. The Morgan fingerprint density at radius 3 is 2.38 bits per heavy atom. The summed E-state index contributed by atoms with van der Waals surface area (Å²) in [5.41, 5.74) is 0.854. The third kappa shape index (κ3) is 3.92. The quantitative estimate of drug-likeness (QED) is 0.884. The first kappa shape index (κ1) is 15.3. The van der Waals surface area contributed by atoms with Crippen LogP contribution in [0.5, 0.6) is 17.2 Å². The number of rotatable bonds is 6. The third-order valence-corrected chi connectivity index (χ3v) is 3.00. The van der Waals surface area contributed by atoms with Crippen LogP contribution in [0.25, 0.3) is 0 Å². The van der Waals surface area contributed by atoms with Crippen LogP contribution in [0.1, 0.15) is 31.3 Å². The molecule has 0 bridgehead atoms. The molecule has 1 heterocycles. The molecule has 5 heteroatoms. The van der Waals surface area contributed by atoms with Crippen molar-refractivity contribution in [2.45, 2.75) is 26.3 Å². The summed E-state index contributed by atoms with van der Waals surface area (Å²) in [6.45, 7) is 4.78. The molecule has 0 saturated carbocycles. The van der Waals surface area contributed by atoms with Crippen LogP contribution >= 0.6 is 0 Å². The Balaban J connectivity index is 2.24. The predicted molar refractivity (Wildman–Crippen MR) is 82.0 cm³/mol. The molecule has 5 nitrogen and oxygen atoms in total. The zero-order valence-electron chi connectivity index (χ0n) is 12.9. The van der Waals surface area contributed by atoms with Crippen molar-refractivity contribution in [2.24, 2.45) is 0 Å². The highest BCUT2D eigenvalue weighted by atomic mass is 16.5. The summed E-state index contributed by atoms with van der Waals surface area (Å²) in [6, 6.07) is 7.43. The Morgan fingerprint density at radius 1 is 1.14 bits per heavy atom. The van der Waals surface area contributed by atoms with Crippen molar-refractivity contribution in [3.63, 3.8) is 0 Å². The Labute approximate surface area is 125 Å². The monoisotopic (exact) mass is 287 g/mol. The Bertz CT molecular complexity index is 583. The molecule has 2 rings (SSSR count). The first-order valence-electron chi connectivity index (χ1n) is 6.96. The van der Waals surface area contributed by atoms with E-state index in [1.54, 1.807) is 13.3 Å². The van der Waals surface area contributed by atoms with Crippen LogP contribution in [-0.2, 0) is 6.54 Å². The van der Waals surface area contributed by atoms with Crippen molar-refractivity contribution in [3.05, 3.63) is 42.0 Å². The van der Waals surface area contributed by atoms with Gasteiger partial charge in [0.1, 0.15) is 23.0 Å².